The van der Waals surface area contributed by atoms with E-state index in [2.05, 4.69) is 11.2 Å². The number of aliphatic hydroxyl groups is 1. The van der Waals surface area contributed by atoms with Gasteiger partial charge in [-0.1, -0.05) is 35.5 Å². The van der Waals surface area contributed by atoms with Gasteiger partial charge in [-0.05, 0) is 0 Å². The van der Waals surface area contributed by atoms with Gasteiger partial charge in [0, 0.05) is 5.56 Å². The van der Waals surface area contributed by atoms with Gasteiger partial charge in [-0.2, -0.15) is 0 Å². The molecule has 0 atom stereocenters. The zero-order chi connectivity index (χ0) is 9.10. The molecule has 0 bridgehead atoms. The van der Waals surface area contributed by atoms with Crippen molar-refractivity contribution in [1.82, 2.24) is 5.16 Å². The van der Waals surface area contributed by atoms with Crippen LogP contribution in [0.25, 0.3) is 11.3 Å². The third-order valence-electron chi connectivity index (χ3n) is 1.70. The first-order chi connectivity index (χ1) is 6.40. The average Bonchev–Trinajstić information content (AvgIpc) is 2.67. The van der Waals surface area contributed by atoms with E-state index >= 15 is 0 Å². The van der Waals surface area contributed by atoms with Gasteiger partial charge in [0.25, 0.3) is 0 Å². The van der Waals surface area contributed by atoms with Crippen LogP contribution in [0.15, 0.2) is 34.9 Å². The van der Waals surface area contributed by atoms with E-state index in [0.29, 0.717) is 11.5 Å². The number of rotatable bonds is 2. The minimum Gasteiger partial charge on any atom is -0.388 e. The fraction of sp³-hybridized carbons (Fsp3) is 0.100. The van der Waals surface area contributed by atoms with Gasteiger partial charge in [-0.15, -0.1) is 0 Å². The number of hydrogen-bond donors (Lipinski definition) is 1. The van der Waals surface area contributed by atoms with Crippen molar-refractivity contribution in [2.45, 2.75) is 6.61 Å². The Balaban J connectivity index is 2.36. The molecule has 0 spiro atoms. The fourth-order valence-electron chi connectivity index (χ4n) is 1.07. The molecule has 0 saturated heterocycles. The lowest BCUT2D eigenvalue weighted by atomic mass is 10.1. The molecule has 0 aliphatic carbocycles. The van der Waals surface area contributed by atoms with Crippen LogP contribution in [0.3, 0.4) is 0 Å². The minimum atomic E-state index is -0.167. The second-order valence-electron chi connectivity index (χ2n) is 2.60. The highest BCUT2D eigenvalue weighted by Crippen LogP contribution is 2.17. The van der Waals surface area contributed by atoms with E-state index in [1.54, 1.807) is 0 Å². The molecular weight excluding hydrogens is 166 g/mol. The molecule has 0 saturated carbocycles. The molecule has 13 heavy (non-hydrogen) atoms. The van der Waals surface area contributed by atoms with Crippen LogP contribution in [0.5, 0.6) is 0 Å². The molecule has 0 fully saturated rings. The number of nitrogens with zero attached hydrogens (tertiary/aromatic N) is 1. The van der Waals surface area contributed by atoms with Crippen LogP contribution in [0.1, 0.15) is 5.76 Å². The fourth-order valence-corrected chi connectivity index (χ4v) is 1.07. The van der Waals surface area contributed by atoms with Gasteiger partial charge in [0.1, 0.15) is 12.3 Å². The topological polar surface area (TPSA) is 46.3 Å². The van der Waals surface area contributed by atoms with Gasteiger partial charge in [-0.25, -0.2) is 0 Å². The lowest BCUT2D eigenvalue weighted by molar-refractivity contribution is 0.229. The summed E-state index contributed by atoms with van der Waals surface area (Å²) in [5, 5.41) is 12.5. The van der Waals surface area contributed by atoms with Crippen molar-refractivity contribution in [3.8, 4) is 11.3 Å². The first kappa shape index (κ1) is 8.01. The molecular formula is C10H8NO2. The molecule has 3 heteroatoms. The highest BCUT2D eigenvalue weighted by atomic mass is 16.5. The molecule has 1 heterocycles. The van der Waals surface area contributed by atoms with Gasteiger partial charge < -0.3 is 9.63 Å². The number of aliphatic hydroxyl groups excluding tert-OH is 1. The second kappa shape index (κ2) is 3.41. The highest BCUT2D eigenvalue weighted by Gasteiger charge is 2.04. The molecule has 3 nitrogen and oxygen atoms in total. The van der Waals surface area contributed by atoms with Crippen molar-refractivity contribution >= 4 is 0 Å². The van der Waals surface area contributed by atoms with Crippen LogP contribution in [-0.2, 0) is 6.61 Å². The standard InChI is InChI=1S/C10H8NO2/c12-7-9-6-10(11-13-9)8-4-2-1-3-5-8/h1-5,12H,7H2. The SMILES string of the molecule is OCc1[c]c(-c2ccccc2)no1. The maximum absolute atomic E-state index is 8.73. The summed E-state index contributed by atoms with van der Waals surface area (Å²) < 4.78 is 4.81. The van der Waals surface area contributed by atoms with Crippen molar-refractivity contribution in [3.05, 3.63) is 42.2 Å². The summed E-state index contributed by atoms with van der Waals surface area (Å²) in [4.78, 5) is 0. The Morgan fingerprint density at radius 1 is 1.31 bits per heavy atom. The van der Waals surface area contributed by atoms with Crippen molar-refractivity contribution in [1.29, 1.82) is 0 Å². The van der Waals surface area contributed by atoms with E-state index in [-0.39, 0.29) is 6.61 Å². The quantitative estimate of drug-likeness (QED) is 0.752. The van der Waals surface area contributed by atoms with Crippen molar-refractivity contribution in [3.63, 3.8) is 0 Å². The smallest absolute Gasteiger partial charge is 0.170 e. The first-order valence-corrected chi connectivity index (χ1v) is 3.94. The van der Waals surface area contributed by atoms with E-state index in [9.17, 15) is 0 Å². The number of benzene rings is 1. The van der Waals surface area contributed by atoms with E-state index < -0.39 is 0 Å². The molecule has 1 aromatic heterocycles. The molecule has 1 N–H and O–H groups in total. The molecule has 0 unspecified atom stereocenters. The minimum absolute atomic E-state index is 0.167. The normalized spacial score (nSPS) is 10.2. The van der Waals surface area contributed by atoms with Crippen LogP contribution < -0.4 is 0 Å². The lowest BCUT2D eigenvalue weighted by Crippen LogP contribution is -1.76. The highest BCUT2D eigenvalue weighted by molar-refractivity contribution is 5.57. The summed E-state index contributed by atoms with van der Waals surface area (Å²) in [7, 11) is 0. The molecule has 0 amide bonds. The maximum atomic E-state index is 8.73. The van der Waals surface area contributed by atoms with Crippen LogP contribution in [-0.4, -0.2) is 10.3 Å². The number of aromatic nitrogens is 1. The predicted molar refractivity (Wildman–Crippen MR) is 46.7 cm³/mol. The zero-order valence-electron chi connectivity index (χ0n) is 6.90. The van der Waals surface area contributed by atoms with Crippen LogP contribution in [0.4, 0.5) is 0 Å². The van der Waals surface area contributed by atoms with Crippen molar-refractivity contribution in [2.75, 3.05) is 0 Å². The van der Waals surface area contributed by atoms with Crippen LogP contribution in [0.2, 0.25) is 0 Å². The van der Waals surface area contributed by atoms with Gasteiger partial charge in [0.05, 0.1) is 6.07 Å². The van der Waals surface area contributed by atoms with Crippen LogP contribution >= 0.6 is 0 Å². The summed E-state index contributed by atoms with van der Waals surface area (Å²) in [6.07, 6.45) is 0. The van der Waals surface area contributed by atoms with E-state index in [4.69, 9.17) is 9.63 Å². The largest absolute Gasteiger partial charge is 0.388 e. The Morgan fingerprint density at radius 3 is 2.69 bits per heavy atom. The molecule has 1 radical (unpaired) electrons. The van der Waals surface area contributed by atoms with Gasteiger partial charge in [0.15, 0.2) is 5.76 Å². The lowest BCUT2D eigenvalue weighted by Gasteiger charge is -1.90. The third kappa shape index (κ3) is 1.60. The average molecular weight is 174 g/mol. The second-order valence-corrected chi connectivity index (χ2v) is 2.60. The third-order valence-corrected chi connectivity index (χ3v) is 1.70. The molecule has 0 aliphatic heterocycles. The van der Waals surface area contributed by atoms with Crippen molar-refractivity contribution in [2.24, 2.45) is 0 Å². The maximum Gasteiger partial charge on any atom is 0.170 e. The molecule has 2 rings (SSSR count). The Bertz CT molecular complexity index is 381. The van der Waals surface area contributed by atoms with Crippen molar-refractivity contribution < 1.29 is 9.63 Å². The summed E-state index contributed by atoms with van der Waals surface area (Å²) in [6.45, 7) is -0.167. The summed E-state index contributed by atoms with van der Waals surface area (Å²) in [5.74, 6) is 0.360. The summed E-state index contributed by atoms with van der Waals surface area (Å²) in [6, 6.07) is 12.4. The summed E-state index contributed by atoms with van der Waals surface area (Å²) >= 11 is 0. The Labute approximate surface area is 75.6 Å². The Hall–Kier alpha value is -1.61. The predicted octanol–water partition coefficient (Wildman–Crippen LogP) is 1.63. The Morgan fingerprint density at radius 2 is 2.08 bits per heavy atom. The summed E-state index contributed by atoms with van der Waals surface area (Å²) in [5.41, 5.74) is 1.57. The molecule has 2 aromatic rings. The molecule has 0 aliphatic rings. The van der Waals surface area contributed by atoms with E-state index in [1.165, 1.54) is 0 Å². The first-order valence-electron chi connectivity index (χ1n) is 3.94. The van der Waals surface area contributed by atoms with Gasteiger partial charge in [0.2, 0.25) is 0 Å². The molecule has 1 aromatic carbocycles. The number of hydrogen-bond acceptors (Lipinski definition) is 3. The molecule has 65 valence electrons. The van der Waals surface area contributed by atoms with Crippen LogP contribution in [0, 0.1) is 6.07 Å². The monoisotopic (exact) mass is 174 g/mol. The Kier molecular flexibility index (Phi) is 2.10. The van der Waals surface area contributed by atoms with E-state index in [1.807, 2.05) is 30.3 Å². The van der Waals surface area contributed by atoms with Gasteiger partial charge in [-0.3, -0.25) is 0 Å². The van der Waals surface area contributed by atoms with Gasteiger partial charge >= 0.3 is 0 Å². The zero-order valence-corrected chi connectivity index (χ0v) is 6.90. The van der Waals surface area contributed by atoms with E-state index in [0.717, 1.165) is 5.56 Å².